The predicted molar refractivity (Wildman–Crippen MR) is 80.7 cm³/mol. The van der Waals surface area contributed by atoms with E-state index in [1.165, 1.54) is 31.2 Å². The van der Waals surface area contributed by atoms with Gasteiger partial charge < -0.3 is 10.1 Å². The largest absolute Gasteiger partial charge is 0.487 e. The highest BCUT2D eigenvalue weighted by molar-refractivity contribution is 5.38. The number of unbranched alkanes of at least 4 members (excludes halogenated alkanes) is 3. The number of para-hydroxylation sites is 1. The van der Waals surface area contributed by atoms with Crippen molar-refractivity contribution in [2.24, 2.45) is 0 Å². The zero-order chi connectivity index (χ0) is 13.7. The van der Waals surface area contributed by atoms with Crippen molar-refractivity contribution in [2.45, 2.75) is 64.0 Å². The molecule has 2 atom stereocenters. The minimum absolute atomic E-state index is 0.0181. The number of benzene rings is 1. The van der Waals surface area contributed by atoms with E-state index >= 15 is 0 Å². The average Bonchev–Trinajstić information content (AvgIpc) is 2.42. The number of ether oxygens (including phenoxy) is 1. The Morgan fingerprint density at radius 1 is 1.26 bits per heavy atom. The molecule has 0 amide bonds. The van der Waals surface area contributed by atoms with Gasteiger partial charge in [-0.05, 0) is 32.9 Å². The lowest BCUT2D eigenvalue weighted by Crippen LogP contribution is -2.41. The summed E-state index contributed by atoms with van der Waals surface area (Å²) in [7, 11) is 2.05. The van der Waals surface area contributed by atoms with Gasteiger partial charge in [-0.3, -0.25) is 0 Å². The molecule has 1 N–H and O–H groups in total. The van der Waals surface area contributed by atoms with Crippen LogP contribution in [0.3, 0.4) is 0 Å². The third-order valence-electron chi connectivity index (χ3n) is 4.19. The molecule has 0 fully saturated rings. The Bertz CT molecular complexity index is 404. The highest BCUT2D eigenvalue weighted by Crippen LogP contribution is 2.41. The van der Waals surface area contributed by atoms with E-state index in [0.717, 1.165) is 18.6 Å². The maximum atomic E-state index is 6.29. The van der Waals surface area contributed by atoms with Crippen molar-refractivity contribution in [3.8, 4) is 5.75 Å². The molecule has 106 valence electrons. The molecule has 0 aromatic heterocycles. The highest BCUT2D eigenvalue weighted by atomic mass is 16.5. The molecule has 0 saturated heterocycles. The molecular formula is C17H27NO. The zero-order valence-corrected chi connectivity index (χ0v) is 12.5. The Labute approximate surface area is 117 Å². The molecule has 1 aromatic carbocycles. The van der Waals surface area contributed by atoms with Crippen molar-refractivity contribution < 1.29 is 4.74 Å². The fourth-order valence-corrected chi connectivity index (χ4v) is 3.05. The van der Waals surface area contributed by atoms with Gasteiger partial charge in [0.25, 0.3) is 0 Å². The zero-order valence-electron chi connectivity index (χ0n) is 12.5. The lowest BCUT2D eigenvalue weighted by Gasteiger charge is -2.40. The molecule has 2 unspecified atom stereocenters. The lowest BCUT2D eigenvalue weighted by molar-refractivity contribution is 0.0384. The standard InChI is InChI=1S/C17H27NO/c1-4-5-6-9-12-17(2)13-15(18-3)14-10-7-8-11-16(14)19-17/h7-8,10-11,15,18H,4-6,9,12-13H2,1-3H3. The fourth-order valence-electron chi connectivity index (χ4n) is 3.05. The minimum atomic E-state index is -0.0181. The topological polar surface area (TPSA) is 21.3 Å². The first kappa shape index (κ1) is 14.4. The van der Waals surface area contributed by atoms with Gasteiger partial charge in [-0.2, -0.15) is 0 Å². The van der Waals surface area contributed by atoms with Gasteiger partial charge in [0.05, 0.1) is 0 Å². The van der Waals surface area contributed by atoms with Crippen molar-refractivity contribution in [1.82, 2.24) is 5.32 Å². The molecule has 2 nitrogen and oxygen atoms in total. The quantitative estimate of drug-likeness (QED) is 0.763. The van der Waals surface area contributed by atoms with Crippen molar-refractivity contribution >= 4 is 0 Å². The van der Waals surface area contributed by atoms with Crippen molar-refractivity contribution in [1.29, 1.82) is 0 Å². The average molecular weight is 261 g/mol. The second kappa shape index (κ2) is 6.42. The molecule has 19 heavy (non-hydrogen) atoms. The van der Waals surface area contributed by atoms with Gasteiger partial charge >= 0.3 is 0 Å². The second-order valence-electron chi connectivity index (χ2n) is 5.95. The maximum absolute atomic E-state index is 6.29. The second-order valence-corrected chi connectivity index (χ2v) is 5.95. The Kier molecular flexibility index (Phi) is 4.87. The number of fused-ring (bicyclic) bond motifs is 1. The van der Waals surface area contributed by atoms with Crippen LogP contribution in [0, 0.1) is 0 Å². The number of hydrogen-bond acceptors (Lipinski definition) is 2. The van der Waals surface area contributed by atoms with Gasteiger partial charge in [0, 0.05) is 18.0 Å². The van der Waals surface area contributed by atoms with E-state index in [1.54, 1.807) is 0 Å². The van der Waals surface area contributed by atoms with Crippen LogP contribution < -0.4 is 10.1 Å². The Morgan fingerprint density at radius 2 is 2.05 bits per heavy atom. The Balaban J connectivity index is 2.05. The number of rotatable bonds is 6. The van der Waals surface area contributed by atoms with E-state index in [9.17, 15) is 0 Å². The summed E-state index contributed by atoms with van der Waals surface area (Å²) in [6, 6.07) is 8.85. The van der Waals surface area contributed by atoms with Crippen LogP contribution in [0.5, 0.6) is 5.75 Å². The lowest BCUT2D eigenvalue weighted by atomic mass is 9.85. The van der Waals surface area contributed by atoms with Crippen LogP contribution in [0.25, 0.3) is 0 Å². The monoisotopic (exact) mass is 261 g/mol. The third kappa shape index (κ3) is 3.50. The van der Waals surface area contributed by atoms with Crippen LogP contribution in [-0.2, 0) is 0 Å². The molecule has 0 bridgehead atoms. The predicted octanol–water partition coefficient (Wildman–Crippen LogP) is 4.46. The number of hydrogen-bond donors (Lipinski definition) is 1. The summed E-state index contributed by atoms with van der Waals surface area (Å²) in [4.78, 5) is 0. The molecular weight excluding hydrogens is 234 g/mol. The summed E-state index contributed by atoms with van der Waals surface area (Å²) in [6.07, 6.45) is 7.43. The van der Waals surface area contributed by atoms with Gasteiger partial charge in [0.2, 0.25) is 0 Å². The van der Waals surface area contributed by atoms with E-state index < -0.39 is 0 Å². The van der Waals surface area contributed by atoms with Crippen LogP contribution in [0.15, 0.2) is 24.3 Å². The Morgan fingerprint density at radius 3 is 2.79 bits per heavy atom. The first-order valence-electron chi connectivity index (χ1n) is 7.64. The van der Waals surface area contributed by atoms with Gasteiger partial charge in [0.1, 0.15) is 11.4 Å². The van der Waals surface area contributed by atoms with Gasteiger partial charge in [-0.25, -0.2) is 0 Å². The van der Waals surface area contributed by atoms with Crippen LogP contribution in [0.1, 0.15) is 64.0 Å². The van der Waals surface area contributed by atoms with Gasteiger partial charge in [-0.15, -0.1) is 0 Å². The molecule has 0 aliphatic carbocycles. The Hall–Kier alpha value is -1.02. The SMILES string of the molecule is CCCCCCC1(C)CC(NC)c2ccccc2O1. The summed E-state index contributed by atoms with van der Waals surface area (Å²) in [6.45, 7) is 4.52. The third-order valence-corrected chi connectivity index (χ3v) is 4.19. The van der Waals surface area contributed by atoms with E-state index in [2.05, 4.69) is 43.4 Å². The minimum Gasteiger partial charge on any atom is -0.487 e. The van der Waals surface area contributed by atoms with E-state index in [4.69, 9.17) is 4.74 Å². The van der Waals surface area contributed by atoms with Crippen LogP contribution in [0.2, 0.25) is 0 Å². The molecule has 0 spiro atoms. The molecule has 2 heteroatoms. The summed E-state index contributed by atoms with van der Waals surface area (Å²) in [5, 5.41) is 3.44. The van der Waals surface area contributed by atoms with Crippen molar-refractivity contribution in [2.75, 3.05) is 7.05 Å². The van der Waals surface area contributed by atoms with Crippen LogP contribution in [-0.4, -0.2) is 12.6 Å². The molecule has 1 aliphatic rings. The van der Waals surface area contributed by atoms with Crippen LogP contribution in [0.4, 0.5) is 0 Å². The summed E-state index contributed by atoms with van der Waals surface area (Å²) >= 11 is 0. The first-order valence-corrected chi connectivity index (χ1v) is 7.64. The molecule has 0 saturated carbocycles. The fraction of sp³-hybridized carbons (Fsp3) is 0.647. The van der Waals surface area contributed by atoms with Gasteiger partial charge in [-0.1, -0.05) is 44.4 Å². The number of nitrogens with one attached hydrogen (secondary N) is 1. The van der Waals surface area contributed by atoms with Crippen LogP contribution >= 0.6 is 0 Å². The molecule has 1 aromatic rings. The van der Waals surface area contributed by atoms with Gasteiger partial charge in [0.15, 0.2) is 0 Å². The molecule has 1 aliphatic heterocycles. The van der Waals surface area contributed by atoms with Crippen molar-refractivity contribution in [3.05, 3.63) is 29.8 Å². The van der Waals surface area contributed by atoms with E-state index in [-0.39, 0.29) is 5.60 Å². The highest BCUT2D eigenvalue weighted by Gasteiger charge is 2.35. The first-order chi connectivity index (χ1) is 9.18. The molecule has 0 radical (unpaired) electrons. The van der Waals surface area contributed by atoms with E-state index in [0.29, 0.717) is 6.04 Å². The smallest absolute Gasteiger partial charge is 0.124 e. The molecule has 1 heterocycles. The van der Waals surface area contributed by atoms with Crippen molar-refractivity contribution in [3.63, 3.8) is 0 Å². The maximum Gasteiger partial charge on any atom is 0.124 e. The summed E-state index contributed by atoms with van der Waals surface area (Å²) in [5.41, 5.74) is 1.28. The molecule has 2 rings (SSSR count). The summed E-state index contributed by atoms with van der Waals surface area (Å²) < 4.78 is 6.29. The normalized spacial score (nSPS) is 25.7. The van der Waals surface area contributed by atoms with E-state index in [1.807, 2.05) is 7.05 Å². The summed E-state index contributed by atoms with van der Waals surface area (Å²) in [5.74, 6) is 1.06.